The third kappa shape index (κ3) is 3.91. The number of carbonyl (C=O) groups excluding carboxylic acids is 3. The Morgan fingerprint density at radius 2 is 1.92 bits per heavy atom. The van der Waals surface area contributed by atoms with E-state index in [0.29, 0.717) is 23.5 Å². The Labute approximate surface area is 151 Å². The first-order valence-electron chi connectivity index (χ1n) is 8.39. The van der Waals surface area contributed by atoms with Crippen LogP contribution in [0.3, 0.4) is 0 Å². The zero-order valence-electron chi connectivity index (χ0n) is 14.7. The molecule has 1 N–H and O–H groups in total. The molecule has 2 amide bonds. The van der Waals surface area contributed by atoms with Crippen LogP contribution >= 0.6 is 0 Å². The molecular formula is C20H20N2O4. The molecule has 134 valence electrons. The van der Waals surface area contributed by atoms with Crippen molar-refractivity contribution < 1.29 is 19.1 Å². The summed E-state index contributed by atoms with van der Waals surface area (Å²) in [5, 5.41) is 2.79. The minimum atomic E-state index is -0.292. The highest BCUT2D eigenvalue weighted by atomic mass is 16.5. The highest BCUT2D eigenvalue weighted by Gasteiger charge is 2.22. The van der Waals surface area contributed by atoms with Gasteiger partial charge in [0.15, 0.2) is 12.4 Å². The van der Waals surface area contributed by atoms with Crippen molar-refractivity contribution in [1.29, 1.82) is 0 Å². The van der Waals surface area contributed by atoms with E-state index in [9.17, 15) is 14.4 Å². The lowest BCUT2D eigenvalue weighted by atomic mass is 10.1. The minimum Gasteiger partial charge on any atom is -0.484 e. The minimum absolute atomic E-state index is 0.0155. The molecule has 0 unspecified atom stereocenters. The van der Waals surface area contributed by atoms with Crippen LogP contribution in [0.25, 0.3) is 0 Å². The smallest absolute Gasteiger partial charge is 0.262 e. The fourth-order valence-electron chi connectivity index (χ4n) is 2.96. The van der Waals surface area contributed by atoms with Crippen molar-refractivity contribution in [2.45, 2.75) is 20.3 Å². The second-order valence-corrected chi connectivity index (χ2v) is 6.19. The number of benzene rings is 2. The summed E-state index contributed by atoms with van der Waals surface area (Å²) < 4.78 is 5.45. The van der Waals surface area contributed by atoms with Crippen LogP contribution in [-0.4, -0.2) is 30.7 Å². The molecule has 26 heavy (non-hydrogen) atoms. The number of amides is 2. The third-order valence-electron chi connectivity index (χ3n) is 4.25. The van der Waals surface area contributed by atoms with Crippen LogP contribution in [0.1, 0.15) is 29.8 Å². The summed E-state index contributed by atoms with van der Waals surface area (Å²) in [5.74, 6) is 0.137. The van der Waals surface area contributed by atoms with Gasteiger partial charge in [-0.05, 0) is 49.2 Å². The predicted molar refractivity (Wildman–Crippen MR) is 98.7 cm³/mol. The Kier molecular flexibility index (Phi) is 5.02. The van der Waals surface area contributed by atoms with E-state index in [0.717, 1.165) is 17.7 Å². The van der Waals surface area contributed by atoms with E-state index >= 15 is 0 Å². The molecule has 6 heteroatoms. The lowest BCUT2D eigenvalue weighted by molar-refractivity contribution is -0.118. The summed E-state index contributed by atoms with van der Waals surface area (Å²) in [5.41, 5.74) is 3.14. The van der Waals surface area contributed by atoms with Gasteiger partial charge in [-0.15, -0.1) is 0 Å². The molecule has 0 spiro atoms. The van der Waals surface area contributed by atoms with Crippen molar-refractivity contribution >= 4 is 29.0 Å². The van der Waals surface area contributed by atoms with Crippen LogP contribution < -0.4 is 15.0 Å². The number of hydrogen-bond acceptors (Lipinski definition) is 4. The Morgan fingerprint density at radius 1 is 1.12 bits per heavy atom. The van der Waals surface area contributed by atoms with Crippen LogP contribution in [0.2, 0.25) is 0 Å². The van der Waals surface area contributed by atoms with Crippen LogP contribution in [0.4, 0.5) is 11.4 Å². The van der Waals surface area contributed by atoms with Gasteiger partial charge in [0.2, 0.25) is 5.91 Å². The summed E-state index contributed by atoms with van der Waals surface area (Å²) >= 11 is 0. The molecule has 0 bridgehead atoms. The second kappa shape index (κ2) is 7.39. The van der Waals surface area contributed by atoms with Crippen molar-refractivity contribution in [2.75, 3.05) is 23.4 Å². The second-order valence-electron chi connectivity index (χ2n) is 6.19. The molecular weight excluding hydrogens is 332 g/mol. The number of Topliss-reactive ketones (excluding diaryl/α,β-unsaturated/α-hetero) is 1. The van der Waals surface area contributed by atoms with Crippen LogP contribution in [-0.2, 0) is 16.0 Å². The van der Waals surface area contributed by atoms with E-state index in [2.05, 4.69) is 5.32 Å². The fraction of sp³-hybridized carbons (Fsp3) is 0.250. The molecule has 1 aliphatic heterocycles. The van der Waals surface area contributed by atoms with Gasteiger partial charge in [0, 0.05) is 30.4 Å². The SMILES string of the molecule is CC(=O)c1cccc(OCC(=O)Nc2ccc3c(c2)CCN3C(C)=O)c1. The monoisotopic (exact) mass is 352 g/mol. The number of anilines is 2. The van der Waals surface area contributed by atoms with Gasteiger partial charge in [0.05, 0.1) is 0 Å². The molecule has 1 aliphatic rings. The van der Waals surface area contributed by atoms with Crippen molar-refractivity contribution in [3.8, 4) is 5.75 Å². The molecule has 0 radical (unpaired) electrons. The van der Waals surface area contributed by atoms with E-state index < -0.39 is 0 Å². The zero-order chi connectivity index (χ0) is 18.7. The predicted octanol–water partition coefficient (Wildman–Crippen LogP) is 2.82. The maximum absolute atomic E-state index is 12.1. The van der Waals surface area contributed by atoms with Crippen LogP contribution in [0.5, 0.6) is 5.75 Å². The van der Waals surface area contributed by atoms with Gasteiger partial charge >= 0.3 is 0 Å². The van der Waals surface area contributed by atoms with Gasteiger partial charge in [-0.3, -0.25) is 14.4 Å². The zero-order valence-corrected chi connectivity index (χ0v) is 14.7. The summed E-state index contributed by atoms with van der Waals surface area (Å²) in [4.78, 5) is 36.8. The topological polar surface area (TPSA) is 75.7 Å². The fourth-order valence-corrected chi connectivity index (χ4v) is 2.96. The Balaban J connectivity index is 1.60. The van der Waals surface area contributed by atoms with E-state index in [1.807, 2.05) is 12.1 Å². The molecule has 0 atom stereocenters. The van der Waals surface area contributed by atoms with E-state index in [-0.39, 0.29) is 24.2 Å². The first kappa shape index (κ1) is 17.7. The molecule has 0 saturated heterocycles. The van der Waals surface area contributed by atoms with Gasteiger partial charge < -0.3 is 15.0 Å². The van der Waals surface area contributed by atoms with Crippen molar-refractivity contribution in [3.05, 3.63) is 53.6 Å². The number of carbonyl (C=O) groups is 3. The average molecular weight is 352 g/mol. The standard InChI is InChI=1S/C20H20N2O4/c1-13(23)15-4-3-5-18(11-15)26-12-20(25)21-17-6-7-19-16(10-17)8-9-22(19)14(2)24/h3-7,10-11H,8-9,12H2,1-2H3,(H,21,25). The van der Waals surface area contributed by atoms with E-state index in [4.69, 9.17) is 4.74 Å². The van der Waals surface area contributed by atoms with Crippen molar-refractivity contribution in [3.63, 3.8) is 0 Å². The van der Waals surface area contributed by atoms with Crippen LogP contribution in [0.15, 0.2) is 42.5 Å². The normalized spacial score (nSPS) is 12.5. The highest BCUT2D eigenvalue weighted by molar-refractivity contribution is 5.96. The number of nitrogens with one attached hydrogen (secondary N) is 1. The molecule has 0 aliphatic carbocycles. The van der Waals surface area contributed by atoms with Gasteiger partial charge in [-0.25, -0.2) is 0 Å². The number of fused-ring (bicyclic) bond motifs is 1. The van der Waals surface area contributed by atoms with Gasteiger partial charge in [0.1, 0.15) is 5.75 Å². The van der Waals surface area contributed by atoms with E-state index in [1.165, 1.54) is 6.92 Å². The highest BCUT2D eigenvalue weighted by Crippen LogP contribution is 2.30. The first-order valence-corrected chi connectivity index (χ1v) is 8.39. The Morgan fingerprint density at radius 3 is 2.65 bits per heavy atom. The maximum Gasteiger partial charge on any atom is 0.262 e. The first-order chi connectivity index (χ1) is 12.4. The van der Waals surface area contributed by atoms with Crippen LogP contribution in [0, 0.1) is 0 Å². The summed E-state index contributed by atoms with van der Waals surface area (Å²) in [6.45, 7) is 3.53. The van der Waals surface area contributed by atoms with Crippen molar-refractivity contribution in [2.24, 2.45) is 0 Å². The van der Waals surface area contributed by atoms with Crippen molar-refractivity contribution in [1.82, 2.24) is 0 Å². The van der Waals surface area contributed by atoms with Gasteiger partial charge in [0.25, 0.3) is 5.91 Å². The molecule has 0 saturated carbocycles. The summed E-state index contributed by atoms with van der Waals surface area (Å²) in [6, 6.07) is 12.2. The van der Waals surface area contributed by atoms with Gasteiger partial charge in [-0.2, -0.15) is 0 Å². The largest absolute Gasteiger partial charge is 0.484 e. The molecule has 6 nitrogen and oxygen atoms in total. The molecule has 3 rings (SSSR count). The number of rotatable bonds is 5. The summed E-state index contributed by atoms with van der Waals surface area (Å²) in [7, 11) is 0. The number of nitrogens with zero attached hydrogens (tertiary/aromatic N) is 1. The summed E-state index contributed by atoms with van der Waals surface area (Å²) in [6.07, 6.45) is 0.771. The average Bonchev–Trinajstić information content (AvgIpc) is 3.03. The molecule has 1 heterocycles. The number of ketones is 1. The third-order valence-corrected chi connectivity index (χ3v) is 4.25. The lowest BCUT2D eigenvalue weighted by Crippen LogP contribution is -2.25. The maximum atomic E-state index is 12.1. The number of ether oxygens (including phenoxy) is 1. The number of hydrogen-bond donors (Lipinski definition) is 1. The molecule has 2 aromatic carbocycles. The molecule has 0 fully saturated rings. The molecule has 2 aromatic rings. The van der Waals surface area contributed by atoms with Gasteiger partial charge in [-0.1, -0.05) is 12.1 Å². The van der Waals surface area contributed by atoms with E-state index in [1.54, 1.807) is 42.2 Å². The Hall–Kier alpha value is -3.15. The lowest BCUT2D eigenvalue weighted by Gasteiger charge is -2.15. The Bertz CT molecular complexity index is 876. The molecule has 0 aromatic heterocycles. The quantitative estimate of drug-likeness (QED) is 0.840.